The monoisotopic (exact) mass is 527 g/mol. The average molecular weight is 529 g/mol. The van der Waals surface area contributed by atoms with Gasteiger partial charge in [-0.05, 0) is 65.6 Å². The summed E-state index contributed by atoms with van der Waals surface area (Å²) < 4.78 is 0. The van der Waals surface area contributed by atoms with Gasteiger partial charge in [0.1, 0.15) is 0 Å². The molecule has 0 saturated carbocycles. The lowest BCUT2D eigenvalue weighted by molar-refractivity contribution is 0.278. The van der Waals surface area contributed by atoms with Gasteiger partial charge in [-0.3, -0.25) is 0 Å². The van der Waals surface area contributed by atoms with Crippen LogP contribution in [0.15, 0.2) is 49.2 Å². The van der Waals surface area contributed by atoms with Gasteiger partial charge in [-0.25, -0.2) is 0 Å². The minimum atomic E-state index is -0.0305. The lowest BCUT2D eigenvalue weighted by Crippen LogP contribution is -2.33. The molecule has 0 N–H and O–H groups in total. The van der Waals surface area contributed by atoms with Gasteiger partial charge in [0.15, 0.2) is 0 Å². The van der Waals surface area contributed by atoms with Crippen molar-refractivity contribution >= 4 is 28.9 Å². The zero-order valence-corrected chi connectivity index (χ0v) is 24.1. The van der Waals surface area contributed by atoms with Crippen LogP contribution >= 0.6 is 23.2 Å². The van der Waals surface area contributed by atoms with E-state index in [4.69, 9.17) is 23.2 Å². The Bertz CT molecular complexity index is 1020. The third-order valence-corrected chi connectivity index (χ3v) is 8.08. The molecule has 2 aromatic rings. The second-order valence-corrected chi connectivity index (χ2v) is 10.9. The van der Waals surface area contributed by atoms with Gasteiger partial charge < -0.3 is 4.90 Å². The molecule has 0 heterocycles. The molecule has 0 aliphatic rings. The molecule has 198 valence electrons. The predicted octanol–water partition coefficient (Wildman–Crippen LogP) is 11.0. The van der Waals surface area contributed by atoms with E-state index in [-0.39, 0.29) is 18.8 Å². The summed E-state index contributed by atoms with van der Waals surface area (Å²) in [6, 6.07) is 12.3. The fraction of sp³-hybridized carbons (Fsp3) is 0.515. The molecule has 0 amide bonds. The molecule has 0 saturated heterocycles. The third kappa shape index (κ3) is 7.81. The number of hydrogen-bond acceptors (Lipinski definition) is 1. The molecule has 36 heavy (non-hydrogen) atoms. The van der Waals surface area contributed by atoms with Gasteiger partial charge in [-0.1, -0.05) is 128 Å². The van der Waals surface area contributed by atoms with Crippen LogP contribution in [0.3, 0.4) is 0 Å². The van der Waals surface area contributed by atoms with E-state index in [1.54, 1.807) is 0 Å². The lowest BCUT2D eigenvalue weighted by Gasteiger charge is -2.40. The molecule has 0 aliphatic carbocycles. The molecule has 2 rings (SSSR count). The van der Waals surface area contributed by atoms with Crippen LogP contribution in [0.4, 0.5) is 5.69 Å². The second-order valence-electron chi connectivity index (χ2n) is 10.1. The van der Waals surface area contributed by atoms with Crippen LogP contribution in [-0.4, -0.2) is 6.54 Å². The Morgan fingerprint density at radius 1 is 1.08 bits per heavy atom. The number of hydrogen-bond donors (Lipinski definition) is 0. The van der Waals surface area contributed by atoms with Crippen molar-refractivity contribution in [1.29, 1.82) is 0 Å². The Balaban J connectivity index is 0.00000648. The van der Waals surface area contributed by atoms with Crippen LogP contribution in [0.1, 0.15) is 110 Å². The molecule has 2 aromatic carbocycles. The number of anilines is 1. The van der Waals surface area contributed by atoms with Crippen LogP contribution in [-0.2, 0) is 5.41 Å². The van der Waals surface area contributed by atoms with Crippen molar-refractivity contribution in [3.63, 3.8) is 0 Å². The summed E-state index contributed by atoms with van der Waals surface area (Å²) >= 11 is 14.1. The van der Waals surface area contributed by atoms with Crippen LogP contribution in [0.5, 0.6) is 0 Å². The molecule has 0 bridgehead atoms. The number of halogens is 2. The summed E-state index contributed by atoms with van der Waals surface area (Å²) in [7, 11) is 0. The van der Waals surface area contributed by atoms with Crippen LogP contribution in [0, 0.1) is 17.8 Å². The SMILES string of the molecule is C.C=CN(CCCC#Cc1ccccc1)c1c(C(C)(CCCC)C(C)CC)cc(Cl)c(C(C)C)c1Cl. The minimum absolute atomic E-state index is 0. The smallest absolute Gasteiger partial charge is 0.0695 e. The molecule has 0 aliphatic heterocycles. The Morgan fingerprint density at radius 2 is 1.75 bits per heavy atom. The maximum absolute atomic E-state index is 7.19. The van der Waals surface area contributed by atoms with Gasteiger partial charge in [0.2, 0.25) is 0 Å². The maximum Gasteiger partial charge on any atom is 0.0695 e. The molecule has 0 spiro atoms. The van der Waals surface area contributed by atoms with Gasteiger partial charge in [-0.15, -0.1) is 0 Å². The van der Waals surface area contributed by atoms with Crippen molar-refractivity contribution in [2.24, 2.45) is 5.92 Å². The Kier molecular flexibility index (Phi) is 13.7. The fourth-order valence-corrected chi connectivity index (χ4v) is 5.83. The first-order chi connectivity index (χ1) is 16.7. The zero-order chi connectivity index (χ0) is 26.0. The van der Waals surface area contributed by atoms with Crippen LogP contribution in [0.25, 0.3) is 0 Å². The van der Waals surface area contributed by atoms with Crippen molar-refractivity contribution < 1.29 is 0 Å². The van der Waals surface area contributed by atoms with E-state index in [2.05, 4.69) is 70.9 Å². The molecule has 1 nitrogen and oxygen atoms in total. The predicted molar refractivity (Wildman–Crippen MR) is 164 cm³/mol. The largest absolute Gasteiger partial charge is 0.347 e. The molecular formula is C33H47Cl2N. The van der Waals surface area contributed by atoms with Crippen LogP contribution < -0.4 is 4.90 Å². The van der Waals surface area contributed by atoms with Gasteiger partial charge in [0.25, 0.3) is 0 Å². The minimum Gasteiger partial charge on any atom is -0.347 e. The molecule has 2 atom stereocenters. The Labute approximate surface area is 232 Å². The van der Waals surface area contributed by atoms with E-state index in [1.165, 1.54) is 12.0 Å². The molecule has 3 heteroatoms. The fourth-order valence-electron chi connectivity index (χ4n) is 4.83. The highest BCUT2D eigenvalue weighted by molar-refractivity contribution is 6.38. The summed E-state index contributed by atoms with van der Waals surface area (Å²) in [6.45, 7) is 18.6. The third-order valence-electron chi connectivity index (χ3n) is 7.39. The van der Waals surface area contributed by atoms with E-state index in [1.807, 2.05) is 36.5 Å². The number of nitrogens with zero attached hydrogens (tertiary/aromatic N) is 1. The standard InChI is InChI=1S/C32H43Cl2N.CH4/c1-8-11-21-32(7,25(6)9-2)27-23-28(33)29(24(4)5)30(34)31(27)35(10-3)22-17-13-16-20-26-18-14-12-15-19-26;/h10,12,14-15,18-19,23-25H,3,8-9,11,13,17,21-22H2,1-2,4-7H3;1H4. The number of rotatable bonds is 12. The van der Waals surface area contributed by atoms with E-state index >= 15 is 0 Å². The highest BCUT2D eigenvalue weighted by Crippen LogP contribution is 2.49. The zero-order valence-electron chi connectivity index (χ0n) is 22.6. The normalized spacial score (nSPS) is 13.2. The molecule has 0 radical (unpaired) electrons. The molecular weight excluding hydrogens is 481 g/mol. The summed E-state index contributed by atoms with van der Waals surface area (Å²) in [4.78, 5) is 2.23. The summed E-state index contributed by atoms with van der Waals surface area (Å²) in [5.41, 5.74) is 4.36. The van der Waals surface area contributed by atoms with Gasteiger partial charge in [-0.2, -0.15) is 0 Å². The van der Waals surface area contributed by atoms with Gasteiger partial charge in [0.05, 0.1) is 10.7 Å². The van der Waals surface area contributed by atoms with Gasteiger partial charge in [0, 0.05) is 23.6 Å². The van der Waals surface area contributed by atoms with Crippen molar-refractivity contribution in [3.05, 3.63) is 75.9 Å². The quantitative estimate of drug-likeness (QED) is 0.196. The number of unbranched alkanes of at least 4 members (excludes halogenated alkanes) is 2. The Morgan fingerprint density at radius 3 is 2.31 bits per heavy atom. The summed E-state index contributed by atoms with van der Waals surface area (Å²) in [6.07, 6.45) is 8.20. The number of benzene rings is 2. The lowest BCUT2D eigenvalue weighted by atomic mass is 9.67. The van der Waals surface area contributed by atoms with Crippen molar-refractivity contribution in [2.75, 3.05) is 11.4 Å². The first kappa shape index (κ1) is 32.1. The molecule has 0 fully saturated rings. The topological polar surface area (TPSA) is 3.24 Å². The Hall–Kier alpha value is -1.88. The summed E-state index contributed by atoms with van der Waals surface area (Å²) in [5.74, 6) is 7.31. The van der Waals surface area contributed by atoms with E-state index in [9.17, 15) is 0 Å². The van der Waals surface area contributed by atoms with Crippen molar-refractivity contribution in [3.8, 4) is 11.8 Å². The highest BCUT2D eigenvalue weighted by Gasteiger charge is 2.36. The first-order valence-corrected chi connectivity index (χ1v) is 13.9. The average Bonchev–Trinajstić information content (AvgIpc) is 2.84. The van der Waals surface area contributed by atoms with E-state index < -0.39 is 0 Å². The maximum atomic E-state index is 7.19. The second kappa shape index (κ2) is 15.4. The van der Waals surface area contributed by atoms with Crippen molar-refractivity contribution in [2.45, 2.75) is 98.8 Å². The van der Waals surface area contributed by atoms with Crippen LogP contribution in [0.2, 0.25) is 10.0 Å². The first-order valence-electron chi connectivity index (χ1n) is 13.2. The van der Waals surface area contributed by atoms with E-state index in [0.29, 0.717) is 5.92 Å². The molecule has 0 aromatic heterocycles. The van der Waals surface area contributed by atoms with E-state index in [0.717, 1.165) is 65.5 Å². The van der Waals surface area contributed by atoms with Gasteiger partial charge >= 0.3 is 0 Å². The van der Waals surface area contributed by atoms with Crippen molar-refractivity contribution in [1.82, 2.24) is 0 Å². The highest BCUT2D eigenvalue weighted by atomic mass is 35.5. The summed E-state index contributed by atoms with van der Waals surface area (Å²) in [5, 5.41) is 1.54. The molecule has 2 unspecified atom stereocenters.